The van der Waals surface area contributed by atoms with Crippen LogP contribution in [0.2, 0.25) is 0 Å². The fraction of sp³-hybridized carbons (Fsp3) is 0.308. The van der Waals surface area contributed by atoms with Crippen molar-refractivity contribution in [1.29, 1.82) is 0 Å². The Bertz CT molecular complexity index is 1330. The summed E-state index contributed by atoms with van der Waals surface area (Å²) in [5.41, 5.74) is 10.8. The van der Waals surface area contributed by atoms with Crippen LogP contribution in [0, 0.1) is 0 Å². The molecule has 0 radical (unpaired) electrons. The molecule has 2 aromatic carbocycles. The fourth-order valence-corrected chi connectivity index (χ4v) is 5.11. The Kier molecular flexibility index (Phi) is 5.64. The summed E-state index contributed by atoms with van der Waals surface area (Å²) < 4.78 is 0. The summed E-state index contributed by atoms with van der Waals surface area (Å²) in [6, 6.07) is 10.8. The maximum atomic E-state index is 11.6. The molecule has 170 valence electrons. The number of amides is 1. The first kappa shape index (κ1) is 21.3. The number of carboxylic acids is 1. The molecular formula is C26H28N4O3. The number of aryl methyl sites for hydroxylation is 1. The van der Waals surface area contributed by atoms with Gasteiger partial charge in [-0.3, -0.25) is 4.79 Å². The smallest absolute Gasteiger partial charge is 0.335 e. The van der Waals surface area contributed by atoms with Crippen LogP contribution in [0.5, 0.6) is 0 Å². The normalized spacial score (nSPS) is 15.4. The Labute approximate surface area is 191 Å². The lowest BCUT2D eigenvalue weighted by atomic mass is 9.88. The minimum Gasteiger partial charge on any atom is -0.478 e. The molecule has 7 heteroatoms. The van der Waals surface area contributed by atoms with E-state index in [-0.39, 0.29) is 0 Å². The van der Waals surface area contributed by atoms with E-state index in [2.05, 4.69) is 21.1 Å². The third-order valence-electron chi connectivity index (χ3n) is 6.96. The second kappa shape index (κ2) is 8.75. The van der Waals surface area contributed by atoms with Crippen molar-refractivity contribution >= 4 is 33.7 Å². The minimum atomic E-state index is -0.895. The average molecular weight is 445 g/mol. The van der Waals surface area contributed by atoms with E-state index in [4.69, 9.17) is 5.73 Å². The van der Waals surface area contributed by atoms with E-state index >= 15 is 0 Å². The van der Waals surface area contributed by atoms with Gasteiger partial charge in [0.2, 0.25) is 5.91 Å². The number of carboxylic acid groups (broad SMARTS) is 1. The van der Waals surface area contributed by atoms with Gasteiger partial charge in [0, 0.05) is 39.8 Å². The fourth-order valence-electron chi connectivity index (χ4n) is 5.11. The standard InChI is InChI=1S/C26H28N4O3/c27-25(31)17-3-5-24-21(12-17)22(15-29-24)16-7-10-30(11-8-16)9-1-2-19-14-28-23-6-4-18(26(32)33)13-20(19)23/h3-6,12-16,28-29H,1-2,7-11H2,(H2,27,31)(H,32,33). The molecule has 0 atom stereocenters. The zero-order chi connectivity index (χ0) is 22.9. The number of aromatic carboxylic acids is 1. The van der Waals surface area contributed by atoms with Crippen LogP contribution in [-0.2, 0) is 6.42 Å². The molecule has 1 amide bonds. The highest BCUT2D eigenvalue weighted by atomic mass is 16.4. The molecule has 1 aliphatic heterocycles. The highest BCUT2D eigenvalue weighted by Crippen LogP contribution is 2.33. The predicted octanol–water partition coefficient (Wildman–Crippen LogP) is 4.26. The Hall–Kier alpha value is -3.58. The van der Waals surface area contributed by atoms with Crippen molar-refractivity contribution < 1.29 is 14.7 Å². The van der Waals surface area contributed by atoms with Gasteiger partial charge in [-0.05, 0) is 98.8 Å². The van der Waals surface area contributed by atoms with Crippen LogP contribution in [0.15, 0.2) is 48.8 Å². The van der Waals surface area contributed by atoms with Gasteiger partial charge in [-0.1, -0.05) is 0 Å². The molecule has 0 bridgehead atoms. The SMILES string of the molecule is NC(=O)c1ccc2[nH]cc(C3CCN(CCCc4c[nH]c5ccc(C(=O)O)cc45)CC3)c2c1. The number of carbonyl (C=O) groups excluding carboxylic acids is 1. The molecule has 2 aromatic heterocycles. The summed E-state index contributed by atoms with van der Waals surface area (Å²) >= 11 is 0. The van der Waals surface area contributed by atoms with Crippen LogP contribution in [0.1, 0.15) is 57.0 Å². The quantitative estimate of drug-likeness (QED) is 0.341. The Morgan fingerprint density at radius 3 is 2.36 bits per heavy atom. The van der Waals surface area contributed by atoms with Gasteiger partial charge in [0.1, 0.15) is 0 Å². The van der Waals surface area contributed by atoms with Crippen LogP contribution < -0.4 is 5.73 Å². The summed E-state index contributed by atoms with van der Waals surface area (Å²) in [5, 5.41) is 11.4. The topological polar surface area (TPSA) is 115 Å². The lowest BCUT2D eigenvalue weighted by molar-refractivity contribution is 0.0696. The van der Waals surface area contributed by atoms with Crippen molar-refractivity contribution in [2.24, 2.45) is 5.73 Å². The van der Waals surface area contributed by atoms with E-state index in [0.717, 1.165) is 67.1 Å². The zero-order valence-electron chi connectivity index (χ0n) is 18.4. The van der Waals surface area contributed by atoms with Gasteiger partial charge in [0.15, 0.2) is 0 Å². The van der Waals surface area contributed by atoms with E-state index < -0.39 is 11.9 Å². The van der Waals surface area contributed by atoms with Gasteiger partial charge >= 0.3 is 5.97 Å². The van der Waals surface area contributed by atoms with Crippen molar-refractivity contribution in [3.63, 3.8) is 0 Å². The number of nitrogens with zero attached hydrogens (tertiary/aromatic N) is 1. The van der Waals surface area contributed by atoms with Gasteiger partial charge in [0.25, 0.3) is 0 Å². The molecule has 5 rings (SSSR count). The van der Waals surface area contributed by atoms with Crippen LogP contribution in [-0.4, -0.2) is 51.5 Å². The number of aromatic amines is 2. The molecule has 33 heavy (non-hydrogen) atoms. The average Bonchev–Trinajstić information content (AvgIpc) is 3.43. The lowest BCUT2D eigenvalue weighted by Crippen LogP contribution is -2.33. The summed E-state index contributed by atoms with van der Waals surface area (Å²) in [7, 11) is 0. The summed E-state index contributed by atoms with van der Waals surface area (Å²) in [6.07, 6.45) is 8.20. The Balaban J connectivity index is 1.18. The molecule has 1 aliphatic rings. The number of likely N-dealkylation sites (tertiary alicyclic amines) is 1. The second-order valence-corrected chi connectivity index (χ2v) is 8.97. The van der Waals surface area contributed by atoms with Crippen LogP contribution in [0.3, 0.4) is 0 Å². The first-order valence-corrected chi connectivity index (χ1v) is 11.5. The first-order chi connectivity index (χ1) is 16.0. The van der Waals surface area contributed by atoms with E-state index in [0.29, 0.717) is 17.0 Å². The molecule has 3 heterocycles. The van der Waals surface area contributed by atoms with Crippen LogP contribution >= 0.6 is 0 Å². The highest BCUT2D eigenvalue weighted by molar-refractivity contribution is 5.98. The van der Waals surface area contributed by atoms with Crippen molar-refractivity contribution in [3.05, 3.63) is 71.0 Å². The number of hydrogen-bond acceptors (Lipinski definition) is 3. The zero-order valence-corrected chi connectivity index (χ0v) is 18.4. The molecular weight excluding hydrogens is 416 g/mol. The third-order valence-corrected chi connectivity index (χ3v) is 6.96. The minimum absolute atomic E-state index is 0.325. The van der Waals surface area contributed by atoms with Crippen molar-refractivity contribution in [3.8, 4) is 0 Å². The van der Waals surface area contributed by atoms with Crippen molar-refractivity contribution in [1.82, 2.24) is 14.9 Å². The number of aromatic nitrogens is 2. The van der Waals surface area contributed by atoms with Gasteiger partial charge in [-0.2, -0.15) is 0 Å². The van der Waals surface area contributed by atoms with Gasteiger partial charge in [-0.15, -0.1) is 0 Å². The maximum Gasteiger partial charge on any atom is 0.335 e. The maximum absolute atomic E-state index is 11.6. The Morgan fingerprint density at radius 1 is 0.970 bits per heavy atom. The number of primary amides is 1. The largest absolute Gasteiger partial charge is 0.478 e. The van der Waals surface area contributed by atoms with Gasteiger partial charge in [-0.25, -0.2) is 4.79 Å². The van der Waals surface area contributed by atoms with Crippen LogP contribution in [0.25, 0.3) is 21.8 Å². The molecule has 5 N–H and O–H groups in total. The number of nitrogens with one attached hydrogen (secondary N) is 2. The Morgan fingerprint density at radius 2 is 1.64 bits per heavy atom. The molecule has 0 aliphatic carbocycles. The van der Waals surface area contributed by atoms with E-state index in [1.807, 2.05) is 24.4 Å². The third kappa shape index (κ3) is 4.24. The number of hydrogen-bond donors (Lipinski definition) is 4. The number of piperidine rings is 1. The number of H-pyrrole nitrogens is 2. The predicted molar refractivity (Wildman–Crippen MR) is 129 cm³/mol. The molecule has 1 fully saturated rings. The molecule has 0 unspecified atom stereocenters. The molecule has 4 aromatic rings. The molecule has 7 nitrogen and oxygen atoms in total. The first-order valence-electron chi connectivity index (χ1n) is 11.5. The lowest BCUT2D eigenvalue weighted by Gasteiger charge is -2.32. The van der Waals surface area contributed by atoms with Gasteiger partial charge in [0.05, 0.1) is 5.56 Å². The number of carbonyl (C=O) groups is 2. The number of rotatable bonds is 7. The summed E-state index contributed by atoms with van der Waals surface area (Å²) in [6.45, 7) is 3.12. The van der Waals surface area contributed by atoms with Gasteiger partial charge < -0.3 is 25.7 Å². The van der Waals surface area contributed by atoms with Crippen LogP contribution in [0.4, 0.5) is 0 Å². The number of benzene rings is 2. The molecule has 0 saturated carbocycles. The summed E-state index contributed by atoms with van der Waals surface area (Å²) in [4.78, 5) is 32.0. The summed E-state index contributed by atoms with van der Waals surface area (Å²) in [5.74, 6) is -0.817. The number of nitrogens with two attached hydrogens (primary N) is 1. The molecule has 0 spiro atoms. The van der Waals surface area contributed by atoms with E-state index in [1.165, 1.54) is 11.1 Å². The monoisotopic (exact) mass is 444 g/mol. The molecule has 1 saturated heterocycles. The van der Waals surface area contributed by atoms with E-state index in [9.17, 15) is 14.7 Å². The van der Waals surface area contributed by atoms with Crippen molar-refractivity contribution in [2.45, 2.75) is 31.6 Å². The van der Waals surface area contributed by atoms with E-state index in [1.54, 1.807) is 18.2 Å². The second-order valence-electron chi connectivity index (χ2n) is 8.97. The van der Waals surface area contributed by atoms with Crippen molar-refractivity contribution in [2.75, 3.05) is 19.6 Å². The highest BCUT2D eigenvalue weighted by Gasteiger charge is 2.23. The number of fused-ring (bicyclic) bond motifs is 2.